The number of nitrogens with one attached hydrogen (secondary N) is 1. The van der Waals surface area contributed by atoms with E-state index < -0.39 is 0 Å². The summed E-state index contributed by atoms with van der Waals surface area (Å²) in [7, 11) is 0. The Morgan fingerprint density at radius 2 is 2.06 bits per heavy atom. The van der Waals surface area contributed by atoms with Crippen molar-refractivity contribution < 1.29 is 5.11 Å². The van der Waals surface area contributed by atoms with Crippen LogP contribution in [0.1, 0.15) is 30.7 Å². The van der Waals surface area contributed by atoms with Crippen LogP contribution in [0.3, 0.4) is 0 Å². The second kappa shape index (κ2) is 4.74. The largest absolute Gasteiger partial charge is 0.396 e. The van der Waals surface area contributed by atoms with Crippen molar-refractivity contribution >= 4 is 5.95 Å². The first kappa shape index (κ1) is 11.3. The molecular weight excluding hydrogens is 204 g/mol. The fourth-order valence-corrected chi connectivity index (χ4v) is 2.13. The van der Waals surface area contributed by atoms with Gasteiger partial charge in [-0.05, 0) is 26.7 Å². The third kappa shape index (κ3) is 2.29. The third-order valence-electron chi connectivity index (χ3n) is 3.30. The predicted molar refractivity (Wildman–Crippen MR) is 61.1 cm³/mol. The predicted octanol–water partition coefficient (Wildman–Crippen LogP) is 1.06. The smallest absolute Gasteiger partial charge is 0.243 e. The van der Waals surface area contributed by atoms with E-state index in [1.54, 1.807) is 0 Å². The van der Waals surface area contributed by atoms with Gasteiger partial charge in [0, 0.05) is 18.6 Å². The number of hydrogen-bond donors (Lipinski definition) is 2. The Kier molecular flexibility index (Phi) is 3.33. The Morgan fingerprint density at radius 1 is 1.25 bits per heavy atom. The number of aliphatic hydroxyl groups is 1. The Hall–Kier alpha value is -1.23. The van der Waals surface area contributed by atoms with Crippen LogP contribution in [0.4, 0.5) is 5.95 Å². The SMILES string of the molecule is Cc1nnc(NC2CCCC2CO)nc1C. The first-order chi connectivity index (χ1) is 7.70. The van der Waals surface area contributed by atoms with E-state index in [4.69, 9.17) is 0 Å². The van der Waals surface area contributed by atoms with E-state index in [0.717, 1.165) is 30.7 Å². The molecule has 2 unspecified atom stereocenters. The van der Waals surface area contributed by atoms with Gasteiger partial charge in [-0.1, -0.05) is 6.42 Å². The standard InChI is InChI=1S/C11H18N4O/c1-7-8(2)14-15-11(12-7)13-10-5-3-4-9(10)6-16/h9-10,16H,3-6H2,1-2H3,(H,12,13,15). The zero-order valence-electron chi connectivity index (χ0n) is 9.77. The molecular formula is C11H18N4O. The van der Waals surface area contributed by atoms with Crippen LogP contribution in [0.25, 0.3) is 0 Å². The zero-order valence-corrected chi connectivity index (χ0v) is 9.77. The number of aryl methyl sites for hydroxylation is 2. The molecule has 1 aliphatic rings. The van der Waals surface area contributed by atoms with Gasteiger partial charge in [0.1, 0.15) is 0 Å². The summed E-state index contributed by atoms with van der Waals surface area (Å²) in [6.45, 7) is 4.05. The van der Waals surface area contributed by atoms with Crippen molar-refractivity contribution in [2.45, 2.75) is 39.2 Å². The Morgan fingerprint density at radius 3 is 2.75 bits per heavy atom. The molecule has 0 aromatic carbocycles. The molecule has 0 aliphatic heterocycles. The number of aromatic nitrogens is 3. The fraction of sp³-hybridized carbons (Fsp3) is 0.727. The third-order valence-corrected chi connectivity index (χ3v) is 3.30. The van der Waals surface area contributed by atoms with Gasteiger partial charge in [0.25, 0.3) is 0 Å². The van der Waals surface area contributed by atoms with Crippen LogP contribution in [-0.4, -0.2) is 32.9 Å². The first-order valence-corrected chi connectivity index (χ1v) is 5.76. The second-order valence-corrected chi connectivity index (χ2v) is 4.43. The number of rotatable bonds is 3. The molecule has 5 heteroatoms. The number of hydrogen-bond acceptors (Lipinski definition) is 5. The molecule has 2 rings (SSSR count). The lowest BCUT2D eigenvalue weighted by molar-refractivity contribution is 0.222. The monoisotopic (exact) mass is 222 g/mol. The van der Waals surface area contributed by atoms with Crippen molar-refractivity contribution in [1.29, 1.82) is 0 Å². The molecule has 88 valence electrons. The molecule has 16 heavy (non-hydrogen) atoms. The average molecular weight is 222 g/mol. The Labute approximate surface area is 95.3 Å². The van der Waals surface area contributed by atoms with E-state index in [9.17, 15) is 5.11 Å². The van der Waals surface area contributed by atoms with Gasteiger partial charge in [0.15, 0.2) is 0 Å². The van der Waals surface area contributed by atoms with Gasteiger partial charge in [0.2, 0.25) is 5.95 Å². The van der Waals surface area contributed by atoms with Gasteiger partial charge >= 0.3 is 0 Å². The summed E-state index contributed by atoms with van der Waals surface area (Å²) < 4.78 is 0. The molecule has 0 saturated heterocycles. The minimum absolute atomic E-state index is 0.232. The van der Waals surface area contributed by atoms with E-state index >= 15 is 0 Å². The van der Waals surface area contributed by atoms with E-state index in [2.05, 4.69) is 20.5 Å². The summed E-state index contributed by atoms with van der Waals surface area (Å²) in [4.78, 5) is 4.34. The molecule has 5 nitrogen and oxygen atoms in total. The summed E-state index contributed by atoms with van der Waals surface area (Å²) in [6, 6.07) is 0.286. The number of nitrogens with zero attached hydrogens (tertiary/aromatic N) is 3. The molecule has 0 spiro atoms. The van der Waals surface area contributed by atoms with Gasteiger partial charge in [-0.15, -0.1) is 5.10 Å². The van der Waals surface area contributed by atoms with Crippen LogP contribution in [-0.2, 0) is 0 Å². The van der Waals surface area contributed by atoms with Crippen LogP contribution < -0.4 is 5.32 Å². The lowest BCUT2D eigenvalue weighted by atomic mass is 10.1. The maximum atomic E-state index is 9.22. The van der Waals surface area contributed by atoms with Crippen molar-refractivity contribution in [3.05, 3.63) is 11.4 Å². The molecule has 0 amide bonds. The molecule has 0 bridgehead atoms. The van der Waals surface area contributed by atoms with Crippen LogP contribution in [0.5, 0.6) is 0 Å². The minimum Gasteiger partial charge on any atom is -0.396 e. The van der Waals surface area contributed by atoms with Crippen molar-refractivity contribution in [3.63, 3.8) is 0 Å². The molecule has 1 aliphatic carbocycles. The molecule has 1 saturated carbocycles. The highest BCUT2D eigenvalue weighted by Gasteiger charge is 2.27. The van der Waals surface area contributed by atoms with Gasteiger partial charge in [-0.3, -0.25) is 0 Å². The van der Waals surface area contributed by atoms with Crippen molar-refractivity contribution in [2.75, 3.05) is 11.9 Å². The topological polar surface area (TPSA) is 70.9 Å². The maximum absolute atomic E-state index is 9.22. The highest BCUT2D eigenvalue weighted by Crippen LogP contribution is 2.27. The summed E-state index contributed by atoms with van der Waals surface area (Å²) >= 11 is 0. The summed E-state index contributed by atoms with van der Waals surface area (Å²) in [5.74, 6) is 0.902. The van der Waals surface area contributed by atoms with Crippen LogP contribution in [0.2, 0.25) is 0 Å². The highest BCUT2D eigenvalue weighted by atomic mass is 16.3. The number of aliphatic hydroxyl groups excluding tert-OH is 1. The molecule has 2 atom stereocenters. The Balaban J connectivity index is 2.05. The molecule has 1 aromatic heterocycles. The van der Waals surface area contributed by atoms with Crippen molar-refractivity contribution in [1.82, 2.24) is 15.2 Å². The quantitative estimate of drug-likeness (QED) is 0.800. The molecule has 0 radical (unpaired) electrons. The van der Waals surface area contributed by atoms with Gasteiger partial charge in [-0.2, -0.15) is 5.10 Å². The normalized spacial score (nSPS) is 24.7. The van der Waals surface area contributed by atoms with Crippen LogP contribution in [0.15, 0.2) is 0 Å². The lowest BCUT2D eigenvalue weighted by Crippen LogP contribution is -2.27. The van der Waals surface area contributed by atoms with Crippen molar-refractivity contribution in [3.8, 4) is 0 Å². The van der Waals surface area contributed by atoms with Crippen LogP contribution >= 0.6 is 0 Å². The second-order valence-electron chi connectivity index (χ2n) is 4.43. The fourth-order valence-electron chi connectivity index (χ4n) is 2.13. The molecule has 1 heterocycles. The maximum Gasteiger partial charge on any atom is 0.243 e. The first-order valence-electron chi connectivity index (χ1n) is 5.76. The lowest BCUT2D eigenvalue weighted by Gasteiger charge is -2.18. The van der Waals surface area contributed by atoms with Crippen molar-refractivity contribution in [2.24, 2.45) is 5.92 Å². The van der Waals surface area contributed by atoms with E-state index in [0.29, 0.717) is 11.9 Å². The van der Waals surface area contributed by atoms with Gasteiger partial charge in [-0.25, -0.2) is 4.98 Å². The summed E-state index contributed by atoms with van der Waals surface area (Å²) in [6.07, 6.45) is 3.30. The Bertz CT molecular complexity index is 369. The average Bonchev–Trinajstić information content (AvgIpc) is 2.71. The van der Waals surface area contributed by atoms with Gasteiger partial charge < -0.3 is 10.4 Å². The summed E-state index contributed by atoms with van der Waals surface area (Å²) in [5.41, 5.74) is 1.76. The molecule has 1 fully saturated rings. The summed E-state index contributed by atoms with van der Waals surface area (Å²) in [5, 5.41) is 20.5. The van der Waals surface area contributed by atoms with E-state index in [-0.39, 0.29) is 12.6 Å². The minimum atomic E-state index is 0.232. The van der Waals surface area contributed by atoms with E-state index in [1.807, 2.05) is 13.8 Å². The van der Waals surface area contributed by atoms with Crippen LogP contribution in [0, 0.1) is 19.8 Å². The zero-order chi connectivity index (χ0) is 11.5. The highest BCUT2D eigenvalue weighted by molar-refractivity contribution is 5.27. The molecule has 1 aromatic rings. The number of anilines is 1. The van der Waals surface area contributed by atoms with Gasteiger partial charge in [0.05, 0.1) is 11.4 Å². The molecule has 2 N–H and O–H groups in total. The van der Waals surface area contributed by atoms with E-state index in [1.165, 1.54) is 0 Å².